The standard InChI is InChI=1S/C17H17FN2S/c1-2-4-12-9-15(13-5-3-7-19-10-13)16(18)14-6-8-20(11-21)17(12)14/h3,5,7,9-11H,2,4,6,8H2,1H3. The molecular weight excluding hydrogens is 283 g/mol. The van der Waals surface area contributed by atoms with Crippen molar-refractivity contribution in [2.45, 2.75) is 26.2 Å². The predicted molar refractivity (Wildman–Crippen MR) is 88.3 cm³/mol. The fourth-order valence-electron chi connectivity index (χ4n) is 2.99. The quantitative estimate of drug-likeness (QED) is 0.789. The van der Waals surface area contributed by atoms with Crippen LogP contribution in [0.15, 0.2) is 30.6 Å². The lowest BCUT2D eigenvalue weighted by atomic mass is 9.95. The summed E-state index contributed by atoms with van der Waals surface area (Å²) in [5.41, 5.74) is 6.06. The van der Waals surface area contributed by atoms with Gasteiger partial charge in [-0.25, -0.2) is 4.39 Å². The largest absolute Gasteiger partial charge is 0.338 e. The van der Waals surface area contributed by atoms with Gasteiger partial charge >= 0.3 is 0 Å². The third kappa shape index (κ3) is 2.44. The summed E-state index contributed by atoms with van der Waals surface area (Å²) in [6.45, 7) is 2.90. The van der Waals surface area contributed by atoms with Gasteiger partial charge < -0.3 is 4.90 Å². The maximum atomic E-state index is 14.9. The van der Waals surface area contributed by atoms with Gasteiger partial charge in [0.2, 0.25) is 0 Å². The monoisotopic (exact) mass is 300 g/mol. The SMILES string of the molecule is CCCc1cc(-c2cccnc2)c(F)c2c1N(C=S)CC2. The van der Waals surface area contributed by atoms with E-state index in [-0.39, 0.29) is 5.82 Å². The Labute approximate surface area is 129 Å². The highest BCUT2D eigenvalue weighted by molar-refractivity contribution is 7.79. The Balaban J connectivity index is 2.21. The molecule has 0 aliphatic carbocycles. The van der Waals surface area contributed by atoms with Crippen molar-refractivity contribution in [3.63, 3.8) is 0 Å². The van der Waals surface area contributed by atoms with E-state index in [9.17, 15) is 4.39 Å². The summed E-state index contributed by atoms with van der Waals surface area (Å²) < 4.78 is 14.9. The molecule has 1 aromatic heterocycles. The van der Waals surface area contributed by atoms with Gasteiger partial charge in [-0.2, -0.15) is 0 Å². The van der Waals surface area contributed by atoms with Crippen LogP contribution in [0.1, 0.15) is 24.5 Å². The van der Waals surface area contributed by atoms with Gasteiger partial charge in [-0.1, -0.05) is 31.6 Å². The molecule has 0 unspecified atom stereocenters. The Bertz CT molecular complexity index is 670. The average Bonchev–Trinajstić information content (AvgIpc) is 2.96. The zero-order valence-electron chi connectivity index (χ0n) is 12.0. The van der Waals surface area contributed by atoms with Crippen LogP contribution in [0.2, 0.25) is 0 Å². The van der Waals surface area contributed by atoms with Crippen LogP contribution in [0.4, 0.5) is 10.1 Å². The van der Waals surface area contributed by atoms with Crippen molar-refractivity contribution in [2.24, 2.45) is 0 Å². The number of nitrogens with zero attached hydrogens (tertiary/aromatic N) is 2. The van der Waals surface area contributed by atoms with Gasteiger partial charge in [-0.15, -0.1) is 0 Å². The number of hydrogen-bond acceptors (Lipinski definition) is 2. The molecule has 108 valence electrons. The van der Waals surface area contributed by atoms with Gasteiger partial charge in [-0.05, 0) is 30.5 Å². The smallest absolute Gasteiger partial charge is 0.136 e. The van der Waals surface area contributed by atoms with Crippen molar-refractivity contribution >= 4 is 23.4 Å². The molecular formula is C17H17FN2S. The van der Waals surface area contributed by atoms with Crippen LogP contribution in [0.3, 0.4) is 0 Å². The zero-order chi connectivity index (χ0) is 14.8. The molecule has 0 saturated heterocycles. The molecule has 2 heterocycles. The van der Waals surface area contributed by atoms with E-state index in [1.807, 2.05) is 23.1 Å². The number of pyridine rings is 1. The number of hydrogen-bond donors (Lipinski definition) is 0. The zero-order valence-corrected chi connectivity index (χ0v) is 12.8. The second-order valence-corrected chi connectivity index (χ2v) is 5.48. The minimum Gasteiger partial charge on any atom is -0.338 e. The third-order valence-corrected chi connectivity index (χ3v) is 4.17. The summed E-state index contributed by atoms with van der Waals surface area (Å²) in [6, 6.07) is 5.70. The number of rotatable bonds is 4. The number of benzene rings is 1. The normalized spacial score (nSPS) is 13.3. The first-order valence-corrected chi connectivity index (χ1v) is 7.70. The highest BCUT2D eigenvalue weighted by atomic mass is 32.1. The molecule has 0 saturated carbocycles. The summed E-state index contributed by atoms with van der Waals surface area (Å²) in [6.07, 6.45) is 6.08. The first-order valence-electron chi connectivity index (χ1n) is 7.22. The summed E-state index contributed by atoms with van der Waals surface area (Å²) in [5.74, 6) is -0.128. The van der Waals surface area contributed by atoms with Crippen molar-refractivity contribution in [3.05, 3.63) is 47.5 Å². The van der Waals surface area contributed by atoms with Crippen LogP contribution in [-0.2, 0) is 12.8 Å². The predicted octanol–water partition coefficient (Wildman–Crippen LogP) is 4.16. The van der Waals surface area contributed by atoms with E-state index in [0.717, 1.165) is 36.2 Å². The summed E-state index contributed by atoms with van der Waals surface area (Å²) in [5, 5.41) is 0. The number of fused-ring (bicyclic) bond motifs is 1. The second kappa shape index (κ2) is 5.90. The lowest BCUT2D eigenvalue weighted by Crippen LogP contribution is -2.17. The molecule has 0 fully saturated rings. The van der Waals surface area contributed by atoms with Gasteiger partial charge in [0.1, 0.15) is 5.82 Å². The molecule has 21 heavy (non-hydrogen) atoms. The van der Waals surface area contributed by atoms with Crippen LogP contribution < -0.4 is 4.90 Å². The molecule has 0 radical (unpaired) electrons. The minimum atomic E-state index is -0.128. The van der Waals surface area contributed by atoms with E-state index in [2.05, 4.69) is 11.9 Å². The number of anilines is 1. The van der Waals surface area contributed by atoms with E-state index in [0.29, 0.717) is 12.0 Å². The molecule has 1 aromatic carbocycles. The maximum absolute atomic E-state index is 14.9. The molecule has 1 aliphatic rings. The number of aromatic nitrogens is 1. The van der Waals surface area contributed by atoms with Crippen molar-refractivity contribution in [1.82, 2.24) is 4.98 Å². The van der Waals surface area contributed by atoms with Gasteiger partial charge in [0.05, 0.1) is 11.2 Å². The van der Waals surface area contributed by atoms with Gasteiger partial charge in [0, 0.05) is 35.6 Å². The molecule has 0 spiro atoms. The minimum absolute atomic E-state index is 0.128. The first-order chi connectivity index (χ1) is 10.3. The van der Waals surface area contributed by atoms with E-state index in [1.165, 1.54) is 5.56 Å². The second-order valence-electron chi connectivity index (χ2n) is 5.26. The highest BCUT2D eigenvalue weighted by Gasteiger charge is 2.26. The number of aryl methyl sites for hydroxylation is 1. The Morgan fingerprint density at radius 3 is 3.00 bits per heavy atom. The Morgan fingerprint density at radius 2 is 2.33 bits per heavy atom. The molecule has 3 rings (SSSR count). The van der Waals surface area contributed by atoms with Crippen LogP contribution in [-0.4, -0.2) is 17.0 Å². The Kier molecular flexibility index (Phi) is 3.97. The van der Waals surface area contributed by atoms with Gasteiger partial charge in [0.25, 0.3) is 0 Å². The van der Waals surface area contributed by atoms with Crippen molar-refractivity contribution in [2.75, 3.05) is 11.4 Å². The molecule has 0 N–H and O–H groups in total. The van der Waals surface area contributed by atoms with E-state index >= 15 is 0 Å². The summed E-state index contributed by atoms with van der Waals surface area (Å²) in [7, 11) is 0. The third-order valence-electron chi connectivity index (χ3n) is 3.92. The molecule has 0 bridgehead atoms. The van der Waals surface area contributed by atoms with Gasteiger partial charge in [0.15, 0.2) is 0 Å². The van der Waals surface area contributed by atoms with Crippen LogP contribution in [0, 0.1) is 5.82 Å². The number of halogens is 1. The first kappa shape index (κ1) is 14.1. The lowest BCUT2D eigenvalue weighted by molar-refractivity contribution is 0.618. The fraction of sp³-hybridized carbons (Fsp3) is 0.294. The molecule has 2 nitrogen and oxygen atoms in total. The van der Waals surface area contributed by atoms with Gasteiger partial charge in [-0.3, -0.25) is 4.98 Å². The molecule has 4 heteroatoms. The summed E-state index contributed by atoms with van der Waals surface area (Å²) >= 11 is 5.07. The molecule has 0 amide bonds. The van der Waals surface area contributed by atoms with Crippen LogP contribution in [0.5, 0.6) is 0 Å². The molecule has 0 atom stereocenters. The van der Waals surface area contributed by atoms with Crippen molar-refractivity contribution in [3.8, 4) is 11.1 Å². The maximum Gasteiger partial charge on any atom is 0.136 e. The average molecular weight is 300 g/mol. The van der Waals surface area contributed by atoms with Crippen molar-refractivity contribution < 1.29 is 4.39 Å². The van der Waals surface area contributed by atoms with Crippen molar-refractivity contribution in [1.29, 1.82) is 0 Å². The molecule has 2 aromatic rings. The highest BCUT2D eigenvalue weighted by Crippen LogP contribution is 2.38. The van der Waals surface area contributed by atoms with E-state index in [1.54, 1.807) is 17.9 Å². The topological polar surface area (TPSA) is 16.1 Å². The van der Waals surface area contributed by atoms with Crippen LogP contribution in [0.25, 0.3) is 11.1 Å². The van der Waals surface area contributed by atoms with Crippen LogP contribution >= 0.6 is 12.2 Å². The molecule has 1 aliphatic heterocycles. The van der Waals surface area contributed by atoms with E-state index < -0.39 is 0 Å². The fourth-order valence-corrected chi connectivity index (χ4v) is 3.20. The lowest BCUT2D eigenvalue weighted by Gasteiger charge is -2.18. The number of thiocarbonyl (C=S) groups is 1. The van der Waals surface area contributed by atoms with E-state index in [4.69, 9.17) is 12.2 Å². The Hall–Kier alpha value is -1.81. The summed E-state index contributed by atoms with van der Waals surface area (Å²) in [4.78, 5) is 6.09. The Morgan fingerprint density at radius 1 is 1.48 bits per heavy atom.